The van der Waals surface area contributed by atoms with Crippen molar-refractivity contribution in [2.24, 2.45) is 0 Å². The lowest BCUT2D eigenvalue weighted by Gasteiger charge is -1.96. The maximum absolute atomic E-state index is 5.27. The Bertz CT molecular complexity index is 462. The molecule has 0 saturated heterocycles. The number of aromatic nitrogens is 2. The lowest BCUT2D eigenvalue weighted by molar-refractivity contribution is 1.27. The standard InChI is InChI=1S/C11H10N2/c1-4-9-12-10-7(2)5-6-8(3)11(10)13-9/h1,5-6H,2-3H3,(H,12,13). The lowest BCUT2D eigenvalue weighted by Crippen LogP contribution is -1.79. The molecule has 1 aromatic heterocycles. The molecule has 2 nitrogen and oxygen atoms in total. The number of imidazole rings is 1. The van der Waals surface area contributed by atoms with Crippen LogP contribution in [0.25, 0.3) is 11.0 Å². The minimum Gasteiger partial charge on any atom is -0.331 e. The number of terminal acetylenes is 1. The molecule has 0 radical (unpaired) electrons. The van der Waals surface area contributed by atoms with E-state index < -0.39 is 0 Å². The molecule has 1 N–H and O–H groups in total. The molecule has 0 saturated carbocycles. The third kappa shape index (κ3) is 1.09. The summed E-state index contributed by atoms with van der Waals surface area (Å²) in [5, 5.41) is 0. The zero-order chi connectivity index (χ0) is 9.42. The molecule has 0 unspecified atom stereocenters. The normalized spacial score (nSPS) is 10.2. The van der Waals surface area contributed by atoms with E-state index >= 15 is 0 Å². The molecule has 0 aliphatic carbocycles. The zero-order valence-corrected chi connectivity index (χ0v) is 7.68. The van der Waals surface area contributed by atoms with Gasteiger partial charge in [0, 0.05) is 0 Å². The van der Waals surface area contributed by atoms with E-state index in [1.165, 1.54) is 5.56 Å². The van der Waals surface area contributed by atoms with Crippen molar-refractivity contribution < 1.29 is 0 Å². The van der Waals surface area contributed by atoms with Crippen LogP contribution in [0.2, 0.25) is 0 Å². The van der Waals surface area contributed by atoms with Gasteiger partial charge in [0.25, 0.3) is 0 Å². The number of H-pyrrole nitrogens is 1. The molecule has 0 aliphatic heterocycles. The minimum absolute atomic E-state index is 0.604. The van der Waals surface area contributed by atoms with Gasteiger partial charge in [0.1, 0.15) is 0 Å². The van der Waals surface area contributed by atoms with Crippen molar-refractivity contribution in [3.05, 3.63) is 29.1 Å². The highest BCUT2D eigenvalue weighted by molar-refractivity contribution is 5.82. The van der Waals surface area contributed by atoms with E-state index in [1.54, 1.807) is 0 Å². The molecule has 0 aliphatic rings. The van der Waals surface area contributed by atoms with Gasteiger partial charge in [-0.2, -0.15) is 0 Å². The van der Waals surface area contributed by atoms with Crippen molar-refractivity contribution in [2.45, 2.75) is 13.8 Å². The number of aromatic amines is 1. The smallest absolute Gasteiger partial charge is 0.183 e. The SMILES string of the molecule is C#Cc1nc2c(C)ccc(C)c2[nH]1. The number of rotatable bonds is 0. The highest BCUT2D eigenvalue weighted by Gasteiger charge is 2.04. The number of fused-ring (bicyclic) bond motifs is 1. The number of aryl methyl sites for hydroxylation is 2. The molecule has 1 aromatic carbocycles. The van der Waals surface area contributed by atoms with Crippen LogP contribution in [-0.2, 0) is 0 Å². The molecule has 0 fully saturated rings. The van der Waals surface area contributed by atoms with Crippen molar-refractivity contribution in [3.8, 4) is 12.3 Å². The molecule has 0 bridgehead atoms. The maximum Gasteiger partial charge on any atom is 0.183 e. The number of hydrogen-bond acceptors (Lipinski definition) is 1. The number of benzene rings is 1. The maximum atomic E-state index is 5.27. The van der Waals surface area contributed by atoms with Gasteiger partial charge in [0.15, 0.2) is 5.82 Å². The van der Waals surface area contributed by atoms with E-state index in [-0.39, 0.29) is 0 Å². The first-order chi connectivity index (χ1) is 6.22. The quantitative estimate of drug-likeness (QED) is 0.603. The van der Waals surface area contributed by atoms with Crippen LogP contribution in [-0.4, -0.2) is 9.97 Å². The van der Waals surface area contributed by atoms with Crippen molar-refractivity contribution in [2.75, 3.05) is 0 Å². The predicted molar refractivity (Wildman–Crippen MR) is 53.5 cm³/mol. The Morgan fingerprint density at radius 2 is 2.00 bits per heavy atom. The highest BCUT2D eigenvalue weighted by Crippen LogP contribution is 2.19. The van der Waals surface area contributed by atoms with Gasteiger partial charge < -0.3 is 4.98 Å². The Labute approximate surface area is 77.0 Å². The summed E-state index contributed by atoms with van der Waals surface area (Å²) >= 11 is 0. The van der Waals surface area contributed by atoms with E-state index in [0.29, 0.717) is 5.82 Å². The number of nitrogens with zero attached hydrogens (tertiary/aromatic N) is 1. The van der Waals surface area contributed by atoms with Crippen LogP contribution in [0.3, 0.4) is 0 Å². The van der Waals surface area contributed by atoms with Crippen LogP contribution < -0.4 is 0 Å². The molecular weight excluding hydrogens is 160 g/mol. The Kier molecular flexibility index (Phi) is 1.60. The third-order valence-corrected chi connectivity index (χ3v) is 2.19. The van der Waals surface area contributed by atoms with Gasteiger partial charge in [0.05, 0.1) is 11.0 Å². The van der Waals surface area contributed by atoms with Crippen LogP contribution in [0, 0.1) is 26.2 Å². The van der Waals surface area contributed by atoms with E-state index in [4.69, 9.17) is 6.42 Å². The average molecular weight is 170 g/mol. The van der Waals surface area contributed by atoms with Gasteiger partial charge in [-0.25, -0.2) is 4.98 Å². The van der Waals surface area contributed by atoms with Crippen molar-refractivity contribution in [1.82, 2.24) is 9.97 Å². The fourth-order valence-electron chi connectivity index (χ4n) is 1.42. The summed E-state index contributed by atoms with van der Waals surface area (Å²) in [5.41, 5.74) is 4.36. The van der Waals surface area contributed by atoms with Gasteiger partial charge in [0.2, 0.25) is 0 Å². The second-order valence-corrected chi connectivity index (χ2v) is 3.15. The lowest BCUT2D eigenvalue weighted by atomic mass is 10.1. The first-order valence-electron chi connectivity index (χ1n) is 4.15. The second-order valence-electron chi connectivity index (χ2n) is 3.15. The van der Waals surface area contributed by atoms with Gasteiger partial charge in [-0.05, 0) is 30.9 Å². The van der Waals surface area contributed by atoms with E-state index in [1.807, 2.05) is 13.8 Å². The van der Waals surface area contributed by atoms with Crippen LogP contribution >= 0.6 is 0 Å². The summed E-state index contributed by atoms with van der Waals surface area (Å²) in [4.78, 5) is 7.41. The topological polar surface area (TPSA) is 28.7 Å². The van der Waals surface area contributed by atoms with Gasteiger partial charge in [-0.1, -0.05) is 12.1 Å². The van der Waals surface area contributed by atoms with Crippen molar-refractivity contribution in [3.63, 3.8) is 0 Å². The van der Waals surface area contributed by atoms with Crippen LogP contribution in [0.1, 0.15) is 17.0 Å². The number of hydrogen-bond donors (Lipinski definition) is 1. The largest absolute Gasteiger partial charge is 0.331 e. The third-order valence-electron chi connectivity index (χ3n) is 2.19. The van der Waals surface area contributed by atoms with Crippen molar-refractivity contribution >= 4 is 11.0 Å². The number of nitrogens with one attached hydrogen (secondary N) is 1. The first kappa shape index (κ1) is 7.88. The predicted octanol–water partition coefficient (Wildman–Crippen LogP) is 2.16. The molecule has 64 valence electrons. The van der Waals surface area contributed by atoms with E-state index in [2.05, 4.69) is 28.0 Å². The Balaban J connectivity index is 2.90. The second kappa shape index (κ2) is 2.63. The fraction of sp³-hybridized carbons (Fsp3) is 0.182. The van der Waals surface area contributed by atoms with Gasteiger partial charge in [-0.3, -0.25) is 0 Å². The Hall–Kier alpha value is -1.75. The summed E-state index contributed by atoms with van der Waals surface area (Å²) in [5.74, 6) is 3.11. The molecule has 2 rings (SSSR count). The summed E-state index contributed by atoms with van der Waals surface area (Å²) in [6, 6.07) is 4.12. The fourth-order valence-corrected chi connectivity index (χ4v) is 1.42. The summed E-state index contributed by atoms with van der Waals surface area (Å²) in [7, 11) is 0. The summed E-state index contributed by atoms with van der Waals surface area (Å²) in [6.07, 6.45) is 5.27. The Morgan fingerprint density at radius 1 is 1.31 bits per heavy atom. The Morgan fingerprint density at radius 3 is 2.62 bits per heavy atom. The van der Waals surface area contributed by atoms with Gasteiger partial charge >= 0.3 is 0 Å². The summed E-state index contributed by atoms with van der Waals surface area (Å²) < 4.78 is 0. The summed E-state index contributed by atoms with van der Waals surface area (Å²) in [6.45, 7) is 4.07. The molecule has 0 atom stereocenters. The van der Waals surface area contributed by atoms with Crippen LogP contribution in [0.4, 0.5) is 0 Å². The van der Waals surface area contributed by atoms with Crippen LogP contribution in [0.5, 0.6) is 0 Å². The zero-order valence-electron chi connectivity index (χ0n) is 7.68. The van der Waals surface area contributed by atoms with E-state index in [0.717, 1.165) is 16.6 Å². The van der Waals surface area contributed by atoms with Crippen LogP contribution in [0.15, 0.2) is 12.1 Å². The monoisotopic (exact) mass is 170 g/mol. The highest BCUT2D eigenvalue weighted by atomic mass is 14.9. The molecule has 0 amide bonds. The average Bonchev–Trinajstić information content (AvgIpc) is 2.56. The molecule has 2 aromatic rings. The molecular formula is C11H10N2. The molecule has 2 heteroatoms. The van der Waals surface area contributed by atoms with Gasteiger partial charge in [-0.15, -0.1) is 6.42 Å². The molecule has 0 spiro atoms. The van der Waals surface area contributed by atoms with E-state index in [9.17, 15) is 0 Å². The molecule has 13 heavy (non-hydrogen) atoms. The first-order valence-corrected chi connectivity index (χ1v) is 4.15. The minimum atomic E-state index is 0.604. The van der Waals surface area contributed by atoms with Crippen molar-refractivity contribution in [1.29, 1.82) is 0 Å². The molecule has 1 heterocycles.